The maximum Gasteiger partial charge on any atom is 0.252 e. The van der Waals surface area contributed by atoms with Crippen LogP contribution in [0.3, 0.4) is 0 Å². The lowest BCUT2D eigenvalue weighted by atomic mass is 10.0. The summed E-state index contributed by atoms with van der Waals surface area (Å²) in [5.74, 6) is -0.117. The van der Waals surface area contributed by atoms with Crippen LogP contribution in [0.4, 0.5) is 0 Å². The van der Waals surface area contributed by atoms with Crippen molar-refractivity contribution in [2.24, 2.45) is 0 Å². The highest BCUT2D eigenvalue weighted by molar-refractivity contribution is 5.95. The first-order valence-corrected chi connectivity index (χ1v) is 7.93. The van der Waals surface area contributed by atoms with E-state index in [0.717, 1.165) is 22.4 Å². The highest BCUT2D eigenvalue weighted by Crippen LogP contribution is 2.22. The number of carbonyl (C=O) groups is 1. The number of aryl methyl sites for hydroxylation is 1. The number of pyridine rings is 2. The Morgan fingerprint density at radius 2 is 1.92 bits per heavy atom. The maximum atomic E-state index is 12.3. The van der Waals surface area contributed by atoms with Gasteiger partial charge < -0.3 is 5.32 Å². The predicted molar refractivity (Wildman–Crippen MR) is 94.7 cm³/mol. The Balaban J connectivity index is 1.67. The molecule has 0 bridgehead atoms. The van der Waals surface area contributed by atoms with Crippen LogP contribution in [-0.4, -0.2) is 22.4 Å². The molecule has 120 valence electrons. The molecule has 4 nitrogen and oxygen atoms in total. The molecule has 2 aromatic heterocycles. The van der Waals surface area contributed by atoms with Crippen molar-refractivity contribution in [2.75, 3.05) is 6.54 Å². The van der Waals surface area contributed by atoms with Crippen molar-refractivity contribution in [3.63, 3.8) is 0 Å². The average Bonchev–Trinajstić information content (AvgIpc) is 2.63. The zero-order chi connectivity index (χ0) is 16.8. The summed E-state index contributed by atoms with van der Waals surface area (Å²) in [5, 5.41) is 2.92. The van der Waals surface area contributed by atoms with Crippen molar-refractivity contribution in [3.05, 3.63) is 83.9 Å². The van der Waals surface area contributed by atoms with E-state index in [9.17, 15) is 4.79 Å². The number of carbonyl (C=O) groups excluding carboxylic acids is 1. The number of rotatable bonds is 5. The maximum absolute atomic E-state index is 12.3. The van der Waals surface area contributed by atoms with Crippen LogP contribution >= 0.6 is 0 Å². The molecule has 3 aromatic rings. The van der Waals surface area contributed by atoms with Gasteiger partial charge in [-0.3, -0.25) is 14.8 Å². The number of hydrogen-bond donors (Lipinski definition) is 1. The van der Waals surface area contributed by atoms with E-state index < -0.39 is 0 Å². The molecule has 24 heavy (non-hydrogen) atoms. The third kappa shape index (κ3) is 3.84. The molecule has 0 saturated heterocycles. The van der Waals surface area contributed by atoms with Gasteiger partial charge in [-0.05, 0) is 36.2 Å². The fourth-order valence-electron chi connectivity index (χ4n) is 2.56. The van der Waals surface area contributed by atoms with Crippen molar-refractivity contribution in [3.8, 4) is 11.1 Å². The highest BCUT2D eigenvalue weighted by atomic mass is 16.1. The smallest absolute Gasteiger partial charge is 0.252 e. The lowest BCUT2D eigenvalue weighted by Crippen LogP contribution is -2.26. The van der Waals surface area contributed by atoms with Crippen LogP contribution in [0.15, 0.2) is 67.1 Å². The van der Waals surface area contributed by atoms with Gasteiger partial charge in [0.1, 0.15) is 0 Å². The molecule has 3 rings (SSSR count). The molecule has 0 fully saturated rings. The Kier molecular flexibility index (Phi) is 4.96. The number of amides is 1. The Morgan fingerprint density at radius 1 is 1.08 bits per heavy atom. The summed E-state index contributed by atoms with van der Waals surface area (Å²) in [6, 6.07) is 15.7. The van der Waals surface area contributed by atoms with Gasteiger partial charge in [0, 0.05) is 42.8 Å². The molecular weight excluding hydrogens is 298 g/mol. The second-order valence-electron chi connectivity index (χ2n) is 5.60. The molecule has 0 aliphatic rings. The molecule has 0 spiro atoms. The zero-order valence-corrected chi connectivity index (χ0v) is 13.6. The standard InChI is InChI=1S/C20H19N3O/c1-15-6-2-3-8-19(15)16-12-17(14-21-13-16)20(24)23-11-9-18-7-4-5-10-22-18/h2-8,10,12-14H,9,11H2,1H3,(H,23,24). The molecule has 0 atom stereocenters. The number of nitrogens with one attached hydrogen (secondary N) is 1. The molecule has 0 aliphatic carbocycles. The Bertz CT molecular complexity index is 831. The second kappa shape index (κ2) is 7.51. The first kappa shape index (κ1) is 15.9. The van der Waals surface area contributed by atoms with Gasteiger partial charge in [-0.15, -0.1) is 0 Å². The quantitative estimate of drug-likeness (QED) is 0.784. The molecule has 4 heteroatoms. The van der Waals surface area contributed by atoms with Gasteiger partial charge in [0.05, 0.1) is 5.56 Å². The van der Waals surface area contributed by atoms with Crippen LogP contribution in [0.5, 0.6) is 0 Å². The summed E-state index contributed by atoms with van der Waals surface area (Å²) in [6.45, 7) is 2.60. The minimum absolute atomic E-state index is 0.117. The molecule has 0 saturated carbocycles. The van der Waals surface area contributed by atoms with Crippen LogP contribution in [0, 0.1) is 6.92 Å². The van der Waals surface area contributed by atoms with Crippen molar-refractivity contribution < 1.29 is 4.79 Å². The topological polar surface area (TPSA) is 54.9 Å². The molecule has 0 radical (unpaired) electrons. The monoisotopic (exact) mass is 317 g/mol. The number of benzene rings is 1. The van der Waals surface area contributed by atoms with Crippen molar-refractivity contribution in [1.82, 2.24) is 15.3 Å². The van der Waals surface area contributed by atoms with Crippen LogP contribution in [0.25, 0.3) is 11.1 Å². The Labute approximate surface area is 141 Å². The van der Waals surface area contributed by atoms with Crippen molar-refractivity contribution >= 4 is 5.91 Å². The van der Waals surface area contributed by atoms with E-state index in [1.165, 1.54) is 0 Å². The highest BCUT2D eigenvalue weighted by Gasteiger charge is 2.09. The van der Waals surface area contributed by atoms with Gasteiger partial charge in [0.15, 0.2) is 0 Å². The average molecular weight is 317 g/mol. The van der Waals surface area contributed by atoms with Crippen molar-refractivity contribution in [1.29, 1.82) is 0 Å². The summed E-state index contributed by atoms with van der Waals surface area (Å²) in [5.41, 5.74) is 4.73. The summed E-state index contributed by atoms with van der Waals surface area (Å²) >= 11 is 0. The number of hydrogen-bond acceptors (Lipinski definition) is 3. The van der Waals surface area contributed by atoms with E-state index >= 15 is 0 Å². The summed E-state index contributed by atoms with van der Waals surface area (Å²) in [4.78, 5) is 20.8. The molecule has 0 aliphatic heterocycles. The van der Waals surface area contributed by atoms with Crippen molar-refractivity contribution in [2.45, 2.75) is 13.3 Å². The van der Waals surface area contributed by atoms with Gasteiger partial charge in [-0.2, -0.15) is 0 Å². The first-order valence-electron chi connectivity index (χ1n) is 7.93. The van der Waals surface area contributed by atoms with Crippen LogP contribution in [-0.2, 0) is 6.42 Å². The van der Waals surface area contributed by atoms with E-state index in [1.54, 1.807) is 18.6 Å². The third-order valence-corrected chi connectivity index (χ3v) is 3.85. The molecule has 2 heterocycles. The van der Waals surface area contributed by atoms with E-state index in [2.05, 4.69) is 28.3 Å². The van der Waals surface area contributed by atoms with Crippen LogP contribution in [0.1, 0.15) is 21.6 Å². The summed E-state index contributed by atoms with van der Waals surface area (Å²) < 4.78 is 0. The van der Waals surface area contributed by atoms with Gasteiger partial charge in [0.25, 0.3) is 5.91 Å². The Hall–Kier alpha value is -3.01. The molecular formula is C20H19N3O. The van der Waals surface area contributed by atoms with Crippen LogP contribution in [0.2, 0.25) is 0 Å². The third-order valence-electron chi connectivity index (χ3n) is 3.85. The first-order chi connectivity index (χ1) is 11.7. The minimum Gasteiger partial charge on any atom is -0.352 e. The van der Waals surface area contributed by atoms with E-state index in [-0.39, 0.29) is 5.91 Å². The number of nitrogens with zero attached hydrogens (tertiary/aromatic N) is 2. The lowest BCUT2D eigenvalue weighted by molar-refractivity contribution is 0.0953. The molecule has 1 amide bonds. The summed E-state index contributed by atoms with van der Waals surface area (Å²) in [7, 11) is 0. The Morgan fingerprint density at radius 3 is 2.71 bits per heavy atom. The zero-order valence-electron chi connectivity index (χ0n) is 13.6. The van der Waals surface area contributed by atoms with Gasteiger partial charge in [-0.1, -0.05) is 30.3 Å². The molecule has 1 N–H and O–H groups in total. The SMILES string of the molecule is Cc1ccccc1-c1cncc(C(=O)NCCc2ccccn2)c1. The fraction of sp³-hybridized carbons (Fsp3) is 0.150. The number of aromatic nitrogens is 2. The van der Waals surface area contributed by atoms with E-state index in [1.807, 2.05) is 42.5 Å². The minimum atomic E-state index is -0.117. The molecule has 1 aromatic carbocycles. The summed E-state index contributed by atoms with van der Waals surface area (Å²) in [6.07, 6.45) is 5.84. The largest absolute Gasteiger partial charge is 0.352 e. The van der Waals surface area contributed by atoms with Crippen LogP contribution < -0.4 is 5.32 Å². The predicted octanol–water partition coefficient (Wildman–Crippen LogP) is 3.42. The van der Waals surface area contributed by atoms with Gasteiger partial charge in [0.2, 0.25) is 0 Å². The van der Waals surface area contributed by atoms with Gasteiger partial charge >= 0.3 is 0 Å². The van der Waals surface area contributed by atoms with Gasteiger partial charge in [-0.25, -0.2) is 0 Å². The fourth-order valence-corrected chi connectivity index (χ4v) is 2.56. The van der Waals surface area contributed by atoms with E-state index in [0.29, 0.717) is 18.5 Å². The second-order valence-corrected chi connectivity index (χ2v) is 5.60. The van der Waals surface area contributed by atoms with E-state index in [4.69, 9.17) is 0 Å². The lowest BCUT2D eigenvalue weighted by Gasteiger charge is -2.08. The normalized spacial score (nSPS) is 10.4. The molecule has 0 unspecified atom stereocenters.